The Morgan fingerprint density at radius 3 is 1.41 bits per heavy atom. The summed E-state index contributed by atoms with van der Waals surface area (Å²) in [4.78, 5) is 33.2. The fourth-order valence-electron chi connectivity index (χ4n) is 3.73. The Balaban J connectivity index is 1.20. The van der Waals surface area contributed by atoms with Crippen LogP contribution in [0.4, 0.5) is 26.3 Å². The van der Waals surface area contributed by atoms with Crippen LogP contribution in [0.25, 0.3) is 0 Å². The molecule has 0 aromatic heterocycles. The van der Waals surface area contributed by atoms with Crippen molar-refractivity contribution >= 4 is 11.9 Å². The van der Waals surface area contributed by atoms with Crippen LogP contribution in [0.15, 0.2) is 36.4 Å². The van der Waals surface area contributed by atoms with Crippen molar-refractivity contribution in [2.24, 2.45) is 11.8 Å². The maximum atomic E-state index is 14.4. The van der Waals surface area contributed by atoms with Crippen molar-refractivity contribution < 1.29 is 45.6 Å². The maximum Gasteiger partial charge on any atom is 0.438 e. The molecule has 2 fully saturated rings. The zero-order chi connectivity index (χ0) is 24.6. The molecule has 34 heavy (non-hydrogen) atoms. The molecule has 2 atom stereocenters. The van der Waals surface area contributed by atoms with Gasteiger partial charge in [-0.15, -0.1) is 10.1 Å². The first-order valence-corrected chi connectivity index (χ1v) is 10.2. The summed E-state index contributed by atoms with van der Waals surface area (Å²) in [6.07, 6.45) is -3.68. The van der Waals surface area contributed by atoms with Gasteiger partial charge in [0.25, 0.3) is 0 Å². The van der Waals surface area contributed by atoms with Crippen molar-refractivity contribution in [3.8, 4) is 0 Å². The molecule has 6 nitrogen and oxygen atoms in total. The van der Waals surface area contributed by atoms with Crippen LogP contribution in [0.5, 0.6) is 0 Å². The molecule has 2 heterocycles. The van der Waals surface area contributed by atoms with Gasteiger partial charge in [0.15, 0.2) is 0 Å². The first kappa shape index (κ1) is 24.0. The molecule has 4 rings (SSSR count). The first-order valence-electron chi connectivity index (χ1n) is 10.2. The molecule has 2 aliphatic heterocycles. The molecule has 2 unspecified atom stereocenters. The van der Waals surface area contributed by atoms with E-state index in [2.05, 4.69) is 0 Å². The van der Waals surface area contributed by atoms with Crippen molar-refractivity contribution in [1.82, 2.24) is 10.1 Å². The van der Waals surface area contributed by atoms with E-state index >= 15 is 0 Å². The lowest BCUT2D eigenvalue weighted by Gasteiger charge is -2.39. The molecule has 0 N–H and O–H groups in total. The first-order chi connectivity index (χ1) is 16.1. The van der Waals surface area contributed by atoms with E-state index in [9.17, 15) is 35.9 Å². The van der Waals surface area contributed by atoms with E-state index in [1.165, 1.54) is 0 Å². The van der Waals surface area contributed by atoms with Gasteiger partial charge in [0.2, 0.25) is 0 Å². The van der Waals surface area contributed by atoms with E-state index in [0.29, 0.717) is 0 Å². The van der Waals surface area contributed by atoms with Crippen molar-refractivity contribution in [3.63, 3.8) is 0 Å². The van der Waals surface area contributed by atoms with Gasteiger partial charge in [0.1, 0.15) is 35.6 Å². The lowest BCUT2D eigenvalue weighted by Crippen LogP contribution is -2.52. The summed E-state index contributed by atoms with van der Waals surface area (Å²) < 4.78 is 82.7. The zero-order valence-corrected chi connectivity index (χ0v) is 17.4. The van der Waals surface area contributed by atoms with E-state index in [1.54, 1.807) is 0 Å². The third-order valence-electron chi connectivity index (χ3n) is 5.68. The van der Waals surface area contributed by atoms with Crippen LogP contribution in [0, 0.1) is 35.1 Å². The Morgan fingerprint density at radius 1 is 0.706 bits per heavy atom. The van der Waals surface area contributed by atoms with Crippen LogP contribution >= 0.6 is 0 Å². The summed E-state index contributed by atoms with van der Waals surface area (Å²) in [6, 6.07) is 4.83. The SMILES string of the molecule is O=C(ON1CC(C(F)c2cc(F)ccc2F)C1)C(=O)ON1CC(C(F)c2cc(F)ccc2F)C1. The molecule has 0 saturated carbocycles. The fourth-order valence-corrected chi connectivity index (χ4v) is 3.73. The van der Waals surface area contributed by atoms with Crippen molar-refractivity contribution in [2.75, 3.05) is 26.2 Å². The number of benzene rings is 2. The Kier molecular flexibility index (Phi) is 6.80. The normalized spacial score (nSPS) is 19.1. The minimum Gasteiger partial charge on any atom is -0.359 e. The molecular formula is C22H18F6N2O4. The quantitative estimate of drug-likeness (QED) is 0.456. The highest BCUT2D eigenvalue weighted by molar-refractivity contribution is 6.29. The zero-order valence-electron chi connectivity index (χ0n) is 17.4. The number of halogens is 6. The summed E-state index contributed by atoms with van der Waals surface area (Å²) in [5.74, 6) is -7.81. The molecule has 2 saturated heterocycles. The Hall–Kier alpha value is -3.12. The van der Waals surface area contributed by atoms with Crippen LogP contribution in [0.1, 0.15) is 23.5 Å². The number of hydrogen-bond donors (Lipinski definition) is 0. The number of rotatable bonds is 6. The van der Waals surface area contributed by atoms with Gasteiger partial charge in [-0.25, -0.2) is 35.9 Å². The summed E-state index contributed by atoms with van der Waals surface area (Å²) in [7, 11) is 0. The Bertz CT molecular complexity index is 1010. The molecule has 2 aliphatic rings. The van der Waals surface area contributed by atoms with E-state index < -0.39 is 70.5 Å². The van der Waals surface area contributed by atoms with E-state index in [0.717, 1.165) is 46.5 Å². The van der Waals surface area contributed by atoms with Crippen molar-refractivity contribution in [1.29, 1.82) is 0 Å². The Morgan fingerprint density at radius 2 is 1.06 bits per heavy atom. The highest BCUT2D eigenvalue weighted by Gasteiger charge is 2.42. The van der Waals surface area contributed by atoms with Gasteiger partial charge < -0.3 is 9.68 Å². The predicted octanol–water partition coefficient (Wildman–Crippen LogP) is 3.74. The third kappa shape index (κ3) is 5.02. The second kappa shape index (κ2) is 9.63. The number of nitrogens with zero attached hydrogens (tertiary/aromatic N) is 2. The summed E-state index contributed by atoms with van der Waals surface area (Å²) in [5, 5.41) is 1.92. The smallest absolute Gasteiger partial charge is 0.359 e. The molecule has 0 radical (unpaired) electrons. The number of alkyl halides is 2. The van der Waals surface area contributed by atoms with Gasteiger partial charge >= 0.3 is 11.9 Å². The molecule has 0 aliphatic carbocycles. The van der Waals surface area contributed by atoms with Gasteiger partial charge in [-0.3, -0.25) is 0 Å². The minimum absolute atomic E-state index is 0.162. The van der Waals surface area contributed by atoms with Gasteiger partial charge in [-0.05, 0) is 36.4 Å². The number of hydroxylamine groups is 4. The summed E-state index contributed by atoms with van der Waals surface area (Å²) >= 11 is 0. The lowest BCUT2D eigenvalue weighted by molar-refractivity contribution is -0.250. The molecule has 12 heteroatoms. The summed E-state index contributed by atoms with van der Waals surface area (Å²) in [5.41, 5.74) is -0.904. The minimum atomic E-state index is -1.84. The maximum absolute atomic E-state index is 14.4. The van der Waals surface area contributed by atoms with Crippen LogP contribution in [-0.2, 0) is 19.3 Å². The fraction of sp³-hybridized carbons (Fsp3) is 0.364. The average Bonchev–Trinajstić information content (AvgIpc) is 2.74. The van der Waals surface area contributed by atoms with Crippen molar-refractivity contribution in [2.45, 2.75) is 12.3 Å². The average molecular weight is 488 g/mol. The number of carbonyl (C=O) groups is 2. The van der Waals surface area contributed by atoms with Crippen LogP contribution in [0.2, 0.25) is 0 Å². The highest BCUT2D eigenvalue weighted by atomic mass is 19.2. The van der Waals surface area contributed by atoms with E-state index in [4.69, 9.17) is 9.68 Å². The second-order valence-electron chi connectivity index (χ2n) is 8.11. The monoisotopic (exact) mass is 488 g/mol. The van der Waals surface area contributed by atoms with E-state index in [1.807, 2.05) is 0 Å². The molecule has 0 amide bonds. The molecular weight excluding hydrogens is 470 g/mol. The van der Waals surface area contributed by atoms with Gasteiger partial charge in [0, 0.05) is 49.1 Å². The van der Waals surface area contributed by atoms with Gasteiger partial charge in [-0.1, -0.05) is 0 Å². The van der Waals surface area contributed by atoms with Crippen molar-refractivity contribution in [3.05, 3.63) is 70.8 Å². The third-order valence-corrected chi connectivity index (χ3v) is 5.68. The number of hydrogen-bond acceptors (Lipinski definition) is 6. The molecule has 182 valence electrons. The largest absolute Gasteiger partial charge is 0.438 e. The lowest BCUT2D eigenvalue weighted by atomic mass is 9.91. The molecule has 2 aromatic rings. The van der Waals surface area contributed by atoms with E-state index in [-0.39, 0.29) is 26.2 Å². The second-order valence-corrected chi connectivity index (χ2v) is 8.11. The van der Waals surface area contributed by atoms with Crippen LogP contribution < -0.4 is 0 Å². The van der Waals surface area contributed by atoms with Gasteiger partial charge in [0.05, 0.1) is 0 Å². The molecule has 0 bridgehead atoms. The Labute approximate surface area is 189 Å². The standard InChI is InChI=1S/C22H18F6N2O4/c23-13-1-3-17(25)15(5-13)19(27)11-7-29(8-11)33-21(31)22(32)34-30-9-12(10-30)20(28)16-6-14(24)2-4-18(16)26/h1-6,11-12,19-20H,7-10H2. The summed E-state index contributed by atoms with van der Waals surface area (Å²) in [6.45, 7) is -0.648. The van der Waals surface area contributed by atoms with Gasteiger partial charge in [-0.2, -0.15) is 0 Å². The predicted molar refractivity (Wildman–Crippen MR) is 103 cm³/mol. The number of carbonyl (C=O) groups excluding carboxylic acids is 2. The molecule has 0 spiro atoms. The highest BCUT2D eigenvalue weighted by Crippen LogP contribution is 2.36. The van der Waals surface area contributed by atoms with Crippen LogP contribution in [0.3, 0.4) is 0 Å². The molecule has 2 aromatic carbocycles. The topological polar surface area (TPSA) is 59.1 Å². The van der Waals surface area contributed by atoms with Crippen LogP contribution in [-0.4, -0.2) is 48.2 Å².